The largest absolute Gasteiger partial charge is 0.444 e. The van der Waals surface area contributed by atoms with Gasteiger partial charge in [-0.25, -0.2) is 39.7 Å². The number of thiocarbonyl (C=S) groups is 2. The maximum atomic E-state index is 11.9. The number of nitrogens with zero attached hydrogens (tertiary/aromatic N) is 8. The van der Waals surface area contributed by atoms with E-state index in [2.05, 4.69) is 182 Å². The second-order valence-electron chi connectivity index (χ2n) is 25.0. The first-order valence-electron chi connectivity index (χ1n) is 29.3. The van der Waals surface area contributed by atoms with Crippen LogP contribution < -0.4 is 38.9 Å². The van der Waals surface area contributed by atoms with Crippen LogP contribution in [-0.2, 0) is 36.9 Å². The summed E-state index contributed by atoms with van der Waals surface area (Å²) in [4.78, 5) is 47.9. The van der Waals surface area contributed by atoms with Gasteiger partial charge in [-0.15, -0.1) is 11.8 Å². The fourth-order valence-electron chi connectivity index (χ4n) is 8.79. The van der Waals surface area contributed by atoms with Gasteiger partial charge in [-0.1, -0.05) is 74.6 Å². The molecule has 8 heterocycles. The highest BCUT2D eigenvalue weighted by molar-refractivity contribution is 9.11. The Morgan fingerprint density at radius 2 is 1.03 bits per heavy atom. The van der Waals surface area contributed by atoms with Crippen molar-refractivity contribution in [2.45, 2.75) is 167 Å². The van der Waals surface area contributed by atoms with E-state index >= 15 is 0 Å². The van der Waals surface area contributed by atoms with Gasteiger partial charge in [0.25, 0.3) is 0 Å². The molecular formula is C62H89Br4N15O4S5Si. The topological polar surface area (TPSA) is 297 Å². The number of carbonyl (C=O) groups excluding carboxylic acids is 1. The minimum Gasteiger partial charge on any atom is -0.444 e. The van der Waals surface area contributed by atoms with Crippen LogP contribution in [-0.4, -0.2) is 106 Å². The summed E-state index contributed by atoms with van der Waals surface area (Å²) in [5, 5.41) is 21.0. The second-order valence-corrected chi connectivity index (χ2v) is 37.5. The van der Waals surface area contributed by atoms with Crippen LogP contribution in [0.1, 0.15) is 144 Å². The van der Waals surface area contributed by atoms with Crippen molar-refractivity contribution in [1.29, 1.82) is 0 Å². The number of amidine groups is 2. The fraction of sp³-hybridized carbons (Fsp3) is 0.500. The number of aliphatic imine (C=N–C) groups is 3. The average molecular weight is 1620 g/mol. The van der Waals surface area contributed by atoms with Crippen molar-refractivity contribution >= 4 is 169 Å². The number of hydrogen-bond donors (Lipinski definition) is 8. The normalized spacial score (nSPS) is 20.2. The fourth-order valence-corrected chi connectivity index (χ4v) is 14.8. The van der Waals surface area contributed by atoms with E-state index in [1.54, 1.807) is 17.8 Å². The van der Waals surface area contributed by atoms with Crippen LogP contribution in [0.4, 0.5) is 10.6 Å². The van der Waals surface area contributed by atoms with Gasteiger partial charge in [-0.2, -0.15) is 0 Å². The lowest BCUT2D eigenvalue weighted by molar-refractivity contribution is 0.0564. The molecule has 0 unspecified atom stereocenters. The lowest BCUT2D eigenvalue weighted by atomic mass is 9.93. The van der Waals surface area contributed by atoms with Crippen molar-refractivity contribution in [2.75, 3.05) is 36.2 Å². The molecule has 0 fully saturated rings. The van der Waals surface area contributed by atoms with Crippen LogP contribution in [0.2, 0.25) is 18.1 Å². The molecule has 0 saturated heterocycles. The molecule has 8 rings (SSSR count). The number of aliphatic hydroxyl groups excluding tert-OH is 1. The summed E-state index contributed by atoms with van der Waals surface area (Å²) in [7, 11) is -1.78. The number of rotatable bonds is 13. The number of aliphatic hydroxyl groups is 1. The van der Waals surface area contributed by atoms with Crippen molar-refractivity contribution in [1.82, 2.24) is 40.9 Å². The predicted octanol–water partition coefficient (Wildman–Crippen LogP) is 14.6. The molecule has 12 N–H and O–H groups in total. The Morgan fingerprint density at radius 3 is 1.45 bits per heavy atom. The number of amides is 1. The number of thioether (sulfide) groups is 3. The van der Waals surface area contributed by atoms with Crippen LogP contribution >= 0.6 is 123 Å². The molecule has 5 aromatic heterocycles. The molecule has 1 amide bonds. The van der Waals surface area contributed by atoms with Gasteiger partial charge in [0.2, 0.25) is 0 Å². The van der Waals surface area contributed by atoms with Crippen LogP contribution in [0.3, 0.4) is 0 Å². The molecule has 498 valence electrons. The average Bonchev–Trinajstić information content (AvgIpc) is 1.74. The van der Waals surface area contributed by atoms with Crippen LogP contribution in [0.15, 0.2) is 124 Å². The Hall–Kier alpha value is -3.88. The molecule has 3 aliphatic rings. The Morgan fingerprint density at radius 1 is 0.615 bits per heavy atom. The van der Waals surface area contributed by atoms with E-state index in [-0.39, 0.29) is 32.9 Å². The zero-order valence-electron chi connectivity index (χ0n) is 54.3. The van der Waals surface area contributed by atoms with Crippen molar-refractivity contribution in [3.8, 4) is 0 Å². The summed E-state index contributed by atoms with van der Waals surface area (Å²) in [6.45, 7) is 29.6. The van der Waals surface area contributed by atoms with Gasteiger partial charge in [0.15, 0.2) is 28.9 Å². The molecular weight excluding hydrogens is 1530 g/mol. The quantitative estimate of drug-likeness (QED) is 0.0309. The molecule has 0 saturated carbocycles. The molecule has 0 bridgehead atoms. The van der Waals surface area contributed by atoms with Gasteiger partial charge in [-0.3, -0.25) is 10.3 Å². The number of halogens is 4. The van der Waals surface area contributed by atoms with E-state index in [9.17, 15) is 4.79 Å². The number of pyridine rings is 5. The molecule has 0 aromatic carbocycles. The summed E-state index contributed by atoms with van der Waals surface area (Å²) in [6.07, 6.45) is 3.57. The number of alkyl carbamates (subject to hydrolysis) is 1. The first-order valence-corrected chi connectivity index (χ1v) is 39.1. The summed E-state index contributed by atoms with van der Waals surface area (Å²) < 4.78 is 14.8. The molecule has 5 atom stereocenters. The van der Waals surface area contributed by atoms with Crippen molar-refractivity contribution in [2.24, 2.45) is 32.2 Å². The Bertz CT molecular complexity index is 3290. The number of carbonyl (C=O) groups is 1. The number of hydrogen-bond acceptors (Lipinski definition) is 19. The zero-order chi connectivity index (χ0) is 68.2. The van der Waals surface area contributed by atoms with Gasteiger partial charge in [0.1, 0.15) is 46.4 Å². The van der Waals surface area contributed by atoms with Crippen molar-refractivity contribution in [3.63, 3.8) is 0 Å². The van der Waals surface area contributed by atoms with E-state index in [0.717, 1.165) is 94.9 Å². The standard InChI is InChI=1S/C16H28BrN3OSSi.C15H22N4O2S.C11H13BrN2S.C10H14BrN3OS.C10H12BrN3S/c1-15(2,3)23(5,6)21-11-10-16(4,20-14(18)22)12-8-7-9-13(17)19-12;1-14(2,3)21-13(20)18-12-19-15(4,8-9-22-12)10-6-5-7-11(16)17-10;1-8-14-11(2,6-7-15-8)9-4-3-5-10(12)13-9;1-10(5-6-15,14-9(12)16)7-3-2-4-8(11)13-7;1-10(5-6-15-9(12)14-10)7-3-2-4-8(11)13-7/h7-9H,10-11H2,1-6H3,(H3,18,20,22);5-7H,8-9H2,1-4H3,(H2,16,17)(H,18,19,20);3-5H,6-7H2,1-2H3;2-4,15H,5-6H2,1H3,(H3,12,14,16);2-4H,5-6H2,1H3,(H2,12,14)/t16-;15-;11-;2*10-/m00000/s1. The molecule has 0 aliphatic carbocycles. The van der Waals surface area contributed by atoms with E-state index in [1.165, 1.54) is 11.8 Å². The lowest BCUT2D eigenvalue weighted by Gasteiger charge is -2.38. The third-order valence-corrected chi connectivity index (χ3v) is 24.1. The highest BCUT2D eigenvalue weighted by Crippen LogP contribution is 2.39. The number of anilines is 1. The molecule has 3 aliphatic heterocycles. The molecule has 91 heavy (non-hydrogen) atoms. The maximum absolute atomic E-state index is 11.9. The van der Waals surface area contributed by atoms with Gasteiger partial charge >= 0.3 is 6.09 Å². The third-order valence-electron chi connectivity index (χ3n) is 15.0. The predicted molar refractivity (Wildman–Crippen MR) is 405 cm³/mol. The van der Waals surface area contributed by atoms with Gasteiger partial charge in [-0.05, 0) is 261 Å². The maximum Gasteiger partial charge on any atom is 0.413 e. The number of ether oxygens (including phenoxy) is 1. The first kappa shape index (κ1) is 79.6. The van der Waals surface area contributed by atoms with E-state index in [4.69, 9.17) is 66.6 Å². The molecule has 29 heteroatoms. The third kappa shape index (κ3) is 26.3. The molecule has 19 nitrogen and oxygen atoms in total. The minimum atomic E-state index is -1.78. The number of nitrogens with one attached hydrogen (secondary N) is 3. The molecule has 0 spiro atoms. The van der Waals surface area contributed by atoms with E-state index in [0.29, 0.717) is 29.2 Å². The highest BCUT2D eigenvalue weighted by Gasteiger charge is 2.39. The molecule has 0 radical (unpaired) electrons. The van der Waals surface area contributed by atoms with Gasteiger partial charge in [0.05, 0.1) is 44.6 Å². The van der Waals surface area contributed by atoms with E-state index < -0.39 is 36.6 Å². The van der Waals surface area contributed by atoms with Gasteiger partial charge < -0.3 is 47.8 Å². The Balaban J connectivity index is 0.000000246. The summed E-state index contributed by atoms with van der Waals surface area (Å²) in [6, 6.07) is 28.8. The SMILES string of the molecule is CC(C)(C)OC(=O)NC1=N[C@](C)(c2cccc(N)n2)CCS1.CC(C)(C)[Si](C)(C)OCC[C@](C)(NC(N)=S)c1cccc(Br)n1.CC1=N[C@](C)(c2cccc(Br)n2)CCS1.C[C@@](CCO)(NC(N)=S)c1cccc(Br)n1.C[C@@]1(c2cccc(Br)n2)CCSC(N)=N1. The Labute approximate surface area is 596 Å². The minimum absolute atomic E-state index is 0.0281. The summed E-state index contributed by atoms with van der Waals surface area (Å²) >= 11 is 28.3. The zero-order valence-corrected chi connectivity index (χ0v) is 65.8. The Kier molecular flexibility index (Phi) is 30.8. The first-order chi connectivity index (χ1) is 42.2. The highest BCUT2D eigenvalue weighted by atomic mass is 79.9. The van der Waals surface area contributed by atoms with Crippen LogP contribution in [0.25, 0.3) is 0 Å². The van der Waals surface area contributed by atoms with E-state index in [1.807, 2.05) is 125 Å². The van der Waals surface area contributed by atoms with Gasteiger partial charge in [0, 0.05) is 30.5 Å². The van der Waals surface area contributed by atoms with Crippen LogP contribution in [0.5, 0.6) is 0 Å². The number of nitrogen functional groups attached to an aromatic ring is 1. The van der Waals surface area contributed by atoms with Crippen LogP contribution in [0, 0.1) is 0 Å². The van der Waals surface area contributed by atoms with Crippen molar-refractivity contribution in [3.05, 3.63) is 138 Å². The monoisotopic (exact) mass is 1610 g/mol. The van der Waals surface area contributed by atoms with Crippen molar-refractivity contribution < 1.29 is 19.1 Å². The number of nitrogens with two attached hydrogens (primary N) is 4. The molecule has 5 aromatic rings. The lowest BCUT2D eigenvalue weighted by Crippen LogP contribution is -2.48. The second kappa shape index (κ2) is 35.2. The summed E-state index contributed by atoms with van der Waals surface area (Å²) in [5.74, 6) is 3.43. The smallest absolute Gasteiger partial charge is 0.413 e. The number of aromatic nitrogens is 5. The summed E-state index contributed by atoms with van der Waals surface area (Å²) in [5.41, 5.74) is 24.8.